The van der Waals surface area contributed by atoms with Crippen molar-refractivity contribution in [3.8, 4) is 11.4 Å². The van der Waals surface area contributed by atoms with E-state index < -0.39 is 0 Å². The minimum absolute atomic E-state index is 0.0419. The van der Waals surface area contributed by atoms with Crippen LogP contribution in [0.4, 0.5) is 0 Å². The van der Waals surface area contributed by atoms with Crippen molar-refractivity contribution in [3.05, 3.63) is 66.1 Å². The number of aryl methyl sites for hydroxylation is 2. The summed E-state index contributed by atoms with van der Waals surface area (Å²) in [5, 5.41) is 11.9. The second kappa shape index (κ2) is 8.93. The third-order valence-corrected chi connectivity index (χ3v) is 5.45. The van der Waals surface area contributed by atoms with Crippen molar-refractivity contribution in [1.82, 2.24) is 20.1 Å². The number of hydrogen-bond acceptors (Lipinski definition) is 5. The first-order valence-corrected chi connectivity index (χ1v) is 9.96. The van der Waals surface area contributed by atoms with Gasteiger partial charge in [-0.25, -0.2) is 0 Å². The Kier molecular flexibility index (Phi) is 6.36. The first-order valence-electron chi connectivity index (χ1n) is 9.08. The van der Waals surface area contributed by atoms with Gasteiger partial charge in [-0.2, -0.15) is 0 Å². The summed E-state index contributed by atoms with van der Waals surface area (Å²) in [6, 6.07) is 9.99. The van der Waals surface area contributed by atoms with Gasteiger partial charge in [-0.15, -0.1) is 16.8 Å². The number of thioether (sulfide) groups is 1. The van der Waals surface area contributed by atoms with E-state index in [4.69, 9.17) is 4.42 Å². The number of allylic oxidation sites excluding steroid dienone is 1. The second-order valence-electron chi connectivity index (χ2n) is 6.56. The van der Waals surface area contributed by atoms with Crippen LogP contribution in [0.3, 0.4) is 0 Å². The fourth-order valence-corrected chi connectivity index (χ4v) is 3.62. The molecular formula is C21H24N4O2S. The fourth-order valence-electron chi connectivity index (χ4n) is 2.74. The lowest BCUT2D eigenvalue weighted by atomic mass is 10.1. The van der Waals surface area contributed by atoms with Crippen LogP contribution in [0, 0.1) is 13.8 Å². The normalized spacial score (nSPS) is 12.0. The van der Waals surface area contributed by atoms with Gasteiger partial charge in [-0.1, -0.05) is 47.7 Å². The second-order valence-corrected chi connectivity index (χ2v) is 7.87. The highest BCUT2D eigenvalue weighted by Crippen LogP contribution is 2.29. The summed E-state index contributed by atoms with van der Waals surface area (Å²) < 4.78 is 7.33. The Morgan fingerprint density at radius 2 is 2.04 bits per heavy atom. The van der Waals surface area contributed by atoms with E-state index >= 15 is 0 Å². The molecule has 0 aliphatic carbocycles. The minimum Gasteiger partial charge on any atom is -0.469 e. The molecule has 0 saturated heterocycles. The van der Waals surface area contributed by atoms with Gasteiger partial charge in [-0.05, 0) is 32.4 Å². The van der Waals surface area contributed by atoms with Crippen LogP contribution in [-0.2, 0) is 17.9 Å². The topological polar surface area (TPSA) is 73.0 Å². The summed E-state index contributed by atoms with van der Waals surface area (Å²) in [5.74, 6) is 1.44. The molecule has 28 heavy (non-hydrogen) atoms. The Morgan fingerprint density at radius 1 is 1.29 bits per heavy atom. The molecule has 0 saturated carbocycles. The Balaban J connectivity index is 1.69. The zero-order valence-electron chi connectivity index (χ0n) is 16.3. The van der Waals surface area contributed by atoms with Crippen molar-refractivity contribution in [2.75, 3.05) is 0 Å². The molecule has 1 amide bonds. The molecule has 0 aliphatic heterocycles. The summed E-state index contributed by atoms with van der Waals surface area (Å²) in [7, 11) is 0. The monoisotopic (exact) mass is 396 g/mol. The van der Waals surface area contributed by atoms with Crippen molar-refractivity contribution in [2.45, 2.75) is 44.3 Å². The van der Waals surface area contributed by atoms with Gasteiger partial charge in [0.05, 0.1) is 17.1 Å². The Hall–Kier alpha value is -2.80. The van der Waals surface area contributed by atoms with Crippen LogP contribution in [0.15, 0.2) is 58.8 Å². The van der Waals surface area contributed by atoms with E-state index in [0.29, 0.717) is 24.1 Å². The van der Waals surface area contributed by atoms with E-state index in [2.05, 4.69) is 22.1 Å². The summed E-state index contributed by atoms with van der Waals surface area (Å²) >= 11 is 1.38. The summed E-state index contributed by atoms with van der Waals surface area (Å²) in [6.07, 6.45) is 3.42. The molecule has 0 spiro atoms. The maximum atomic E-state index is 12.5. The molecule has 0 aliphatic rings. The summed E-state index contributed by atoms with van der Waals surface area (Å²) in [5.41, 5.74) is 3.16. The van der Waals surface area contributed by atoms with Gasteiger partial charge in [0, 0.05) is 13.1 Å². The van der Waals surface area contributed by atoms with Gasteiger partial charge < -0.3 is 9.73 Å². The van der Waals surface area contributed by atoms with Crippen molar-refractivity contribution in [1.29, 1.82) is 0 Å². The molecule has 1 N–H and O–H groups in total. The van der Waals surface area contributed by atoms with E-state index in [0.717, 1.165) is 16.9 Å². The van der Waals surface area contributed by atoms with Crippen LogP contribution in [0.2, 0.25) is 0 Å². The maximum absolute atomic E-state index is 12.5. The van der Waals surface area contributed by atoms with Crippen LogP contribution in [0.5, 0.6) is 0 Å². The number of rotatable bonds is 8. The molecule has 0 unspecified atom stereocenters. The molecule has 1 aromatic carbocycles. The lowest BCUT2D eigenvalue weighted by Gasteiger charge is -2.13. The van der Waals surface area contributed by atoms with Crippen LogP contribution in [0.25, 0.3) is 11.4 Å². The Bertz CT molecular complexity index is 959. The van der Waals surface area contributed by atoms with Gasteiger partial charge in [0.1, 0.15) is 5.76 Å². The zero-order chi connectivity index (χ0) is 20.1. The number of amides is 1. The number of furan rings is 1. The van der Waals surface area contributed by atoms with Gasteiger partial charge >= 0.3 is 0 Å². The van der Waals surface area contributed by atoms with Crippen molar-refractivity contribution < 1.29 is 9.21 Å². The number of nitrogens with zero attached hydrogens (tertiary/aromatic N) is 3. The first-order chi connectivity index (χ1) is 13.5. The quantitative estimate of drug-likeness (QED) is 0.458. The third kappa shape index (κ3) is 4.54. The molecule has 0 fully saturated rings. The first kappa shape index (κ1) is 19.9. The Labute approximate surface area is 169 Å². The average Bonchev–Trinajstić information content (AvgIpc) is 3.27. The number of benzene rings is 1. The maximum Gasteiger partial charge on any atom is 0.233 e. The SMILES string of the molecule is C=CCn1c(S[C@@H](C)C(=O)NCc2ccc(C)cc2)nnc1-c1ccoc1C. The number of aromatic nitrogens is 3. The van der Waals surface area contributed by atoms with Crippen LogP contribution >= 0.6 is 11.8 Å². The lowest BCUT2D eigenvalue weighted by Crippen LogP contribution is -2.30. The van der Waals surface area contributed by atoms with E-state index in [1.165, 1.54) is 17.3 Å². The highest BCUT2D eigenvalue weighted by Gasteiger charge is 2.21. The largest absolute Gasteiger partial charge is 0.469 e. The lowest BCUT2D eigenvalue weighted by molar-refractivity contribution is -0.120. The van der Waals surface area contributed by atoms with E-state index in [1.54, 1.807) is 12.3 Å². The smallest absolute Gasteiger partial charge is 0.233 e. The fraction of sp³-hybridized carbons (Fsp3) is 0.286. The molecule has 2 aromatic heterocycles. The van der Waals surface area contributed by atoms with Crippen molar-refractivity contribution in [3.63, 3.8) is 0 Å². The highest BCUT2D eigenvalue weighted by molar-refractivity contribution is 8.00. The molecule has 3 rings (SSSR count). The molecule has 0 radical (unpaired) electrons. The number of carbonyl (C=O) groups excluding carboxylic acids is 1. The number of hydrogen-bond donors (Lipinski definition) is 1. The number of carbonyl (C=O) groups is 1. The molecular weight excluding hydrogens is 372 g/mol. The highest BCUT2D eigenvalue weighted by atomic mass is 32.2. The molecule has 2 heterocycles. The average molecular weight is 397 g/mol. The van der Waals surface area contributed by atoms with Crippen LogP contribution in [-0.4, -0.2) is 25.9 Å². The van der Waals surface area contributed by atoms with Gasteiger partial charge in [0.15, 0.2) is 11.0 Å². The third-order valence-electron chi connectivity index (χ3n) is 4.37. The number of nitrogens with one attached hydrogen (secondary N) is 1. The Morgan fingerprint density at radius 3 is 2.68 bits per heavy atom. The predicted octanol–water partition coefficient (Wildman–Crippen LogP) is 4.14. The molecule has 146 valence electrons. The van der Waals surface area contributed by atoms with Gasteiger partial charge in [0.25, 0.3) is 0 Å². The molecule has 1 atom stereocenters. The predicted molar refractivity (Wildman–Crippen MR) is 111 cm³/mol. The standard InChI is InChI=1S/C21H24N4O2S/c1-5-11-25-19(18-10-12-27-15(18)3)23-24-21(25)28-16(4)20(26)22-13-17-8-6-14(2)7-9-17/h5-10,12,16H,1,11,13H2,2-4H3,(H,22,26)/t16-/m0/s1. The van der Waals surface area contributed by atoms with Crippen LogP contribution in [0.1, 0.15) is 23.8 Å². The van der Waals surface area contributed by atoms with Gasteiger partial charge in [0.2, 0.25) is 5.91 Å². The van der Waals surface area contributed by atoms with E-state index in [9.17, 15) is 4.79 Å². The molecule has 3 aromatic rings. The molecule has 7 heteroatoms. The minimum atomic E-state index is -0.309. The molecule has 6 nitrogen and oxygen atoms in total. The molecule has 0 bridgehead atoms. The van der Waals surface area contributed by atoms with Crippen molar-refractivity contribution in [2.24, 2.45) is 0 Å². The van der Waals surface area contributed by atoms with E-state index in [1.807, 2.05) is 55.7 Å². The van der Waals surface area contributed by atoms with Crippen molar-refractivity contribution >= 4 is 17.7 Å². The summed E-state index contributed by atoms with van der Waals surface area (Å²) in [6.45, 7) is 10.7. The van der Waals surface area contributed by atoms with Crippen LogP contribution < -0.4 is 5.32 Å². The zero-order valence-corrected chi connectivity index (χ0v) is 17.1. The van der Waals surface area contributed by atoms with E-state index in [-0.39, 0.29) is 11.2 Å². The summed E-state index contributed by atoms with van der Waals surface area (Å²) in [4.78, 5) is 12.5. The van der Waals surface area contributed by atoms with Gasteiger partial charge in [-0.3, -0.25) is 9.36 Å².